The summed E-state index contributed by atoms with van der Waals surface area (Å²) in [5.74, 6) is 1.83. The summed E-state index contributed by atoms with van der Waals surface area (Å²) in [5.41, 5.74) is 0.877. The van der Waals surface area contributed by atoms with Crippen molar-refractivity contribution >= 4 is 5.91 Å². The summed E-state index contributed by atoms with van der Waals surface area (Å²) in [6, 6.07) is 14.5. The number of furan rings is 1. The zero-order valence-corrected chi connectivity index (χ0v) is 16.9. The molecule has 0 fully saturated rings. The highest BCUT2D eigenvalue weighted by atomic mass is 19.1. The fourth-order valence-electron chi connectivity index (χ4n) is 2.74. The number of amides is 1. The standard InChI is InChI=1S/C23H24FNO5/c1-3-27-20-11-5-16(13-22(20)28-4-2)14-25-23(26)21-12-10-19(30-21)15-29-18-8-6-17(24)7-9-18/h5-13H,3-4,14-15H2,1-2H3,(H,25,26). The van der Waals surface area contributed by atoms with E-state index in [1.54, 1.807) is 12.1 Å². The number of nitrogens with one attached hydrogen (secondary N) is 1. The van der Waals surface area contributed by atoms with E-state index in [2.05, 4.69) is 5.32 Å². The molecule has 7 heteroatoms. The first kappa shape index (κ1) is 21.2. The van der Waals surface area contributed by atoms with E-state index >= 15 is 0 Å². The highest BCUT2D eigenvalue weighted by Crippen LogP contribution is 2.28. The second-order valence-electron chi connectivity index (χ2n) is 6.34. The second kappa shape index (κ2) is 10.3. The lowest BCUT2D eigenvalue weighted by Gasteiger charge is -2.12. The molecule has 1 aromatic heterocycles. The van der Waals surface area contributed by atoms with Crippen molar-refractivity contribution in [1.29, 1.82) is 0 Å². The minimum Gasteiger partial charge on any atom is -0.490 e. The van der Waals surface area contributed by atoms with Crippen LogP contribution in [0.1, 0.15) is 35.7 Å². The summed E-state index contributed by atoms with van der Waals surface area (Å²) in [6.07, 6.45) is 0. The van der Waals surface area contributed by atoms with Crippen LogP contribution in [0, 0.1) is 5.82 Å². The summed E-state index contributed by atoms with van der Waals surface area (Å²) >= 11 is 0. The smallest absolute Gasteiger partial charge is 0.287 e. The number of carbonyl (C=O) groups excluding carboxylic acids is 1. The molecule has 2 aromatic carbocycles. The van der Waals surface area contributed by atoms with Gasteiger partial charge in [-0.1, -0.05) is 6.07 Å². The number of rotatable bonds is 10. The molecule has 1 N–H and O–H groups in total. The Labute approximate surface area is 174 Å². The topological polar surface area (TPSA) is 69.9 Å². The molecule has 0 aliphatic rings. The zero-order chi connectivity index (χ0) is 21.3. The normalized spacial score (nSPS) is 10.5. The van der Waals surface area contributed by atoms with Crippen LogP contribution in [0.25, 0.3) is 0 Å². The third kappa shape index (κ3) is 5.76. The van der Waals surface area contributed by atoms with Crippen molar-refractivity contribution < 1.29 is 27.8 Å². The minimum absolute atomic E-state index is 0.134. The first-order valence-electron chi connectivity index (χ1n) is 9.72. The Hall–Kier alpha value is -3.48. The maximum absolute atomic E-state index is 12.9. The minimum atomic E-state index is -0.338. The van der Waals surface area contributed by atoms with E-state index in [4.69, 9.17) is 18.6 Å². The molecule has 30 heavy (non-hydrogen) atoms. The third-order valence-corrected chi connectivity index (χ3v) is 4.14. The van der Waals surface area contributed by atoms with Gasteiger partial charge in [0.2, 0.25) is 0 Å². The monoisotopic (exact) mass is 413 g/mol. The lowest BCUT2D eigenvalue weighted by Crippen LogP contribution is -2.22. The first-order valence-corrected chi connectivity index (χ1v) is 9.72. The predicted molar refractivity (Wildman–Crippen MR) is 109 cm³/mol. The molecule has 1 amide bonds. The quantitative estimate of drug-likeness (QED) is 0.521. The maximum Gasteiger partial charge on any atom is 0.287 e. The van der Waals surface area contributed by atoms with Gasteiger partial charge in [0.1, 0.15) is 23.9 Å². The highest BCUT2D eigenvalue weighted by molar-refractivity contribution is 5.91. The Morgan fingerprint density at radius 2 is 1.67 bits per heavy atom. The van der Waals surface area contributed by atoms with Crippen LogP contribution in [0.15, 0.2) is 59.0 Å². The van der Waals surface area contributed by atoms with Gasteiger partial charge in [0.15, 0.2) is 17.3 Å². The van der Waals surface area contributed by atoms with Crippen molar-refractivity contribution in [3.05, 3.63) is 77.5 Å². The predicted octanol–water partition coefficient (Wildman–Crippen LogP) is 4.73. The lowest BCUT2D eigenvalue weighted by molar-refractivity contribution is 0.0919. The average Bonchev–Trinajstić information content (AvgIpc) is 3.23. The Morgan fingerprint density at radius 3 is 2.40 bits per heavy atom. The maximum atomic E-state index is 12.9. The van der Waals surface area contributed by atoms with Crippen LogP contribution in [0.2, 0.25) is 0 Å². The van der Waals surface area contributed by atoms with Gasteiger partial charge in [0.25, 0.3) is 5.91 Å². The van der Waals surface area contributed by atoms with Gasteiger partial charge in [-0.05, 0) is 67.9 Å². The van der Waals surface area contributed by atoms with Crippen molar-refractivity contribution in [2.75, 3.05) is 13.2 Å². The van der Waals surface area contributed by atoms with Crippen molar-refractivity contribution in [1.82, 2.24) is 5.32 Å². The summed E-state index contributed by atoms with van der Waals surface area (Å²) in [4.78, 5) is 12.4. The molecule has 6 nitrogen and oxygen atoms in total. The second-order valence-corrected chi connectivity index (χ2v) is 6.34. The number of hydrogen-bond acceptors (Lipinski definition) is 5. The van der Waals surface area contributed by atoms with E-state index in [0.717, 1.165) is 5.56 Å². The van der Waals surface area contributed by atoms with E-state index < -0.39 is 0 Å². The average molecular weight is 413 g/mol. The molecule has 0 bridgehead atoms. The summed E-state index contributed by atoms with van der Waals surface area (Å²) in [6.45, 7) is 5.32. The van der Waals surface area contributed by atoms with E-state index in [1.807, 2.05) is 32.0 Å². The van der Waals surface area contributed by atoms with E-state index in [9.17, 15) is 9.18 Å². The Kier molecular flexibility index (Phi) is 7.32. The van der Waals surface area contributed by atoms with Gasteiger partial charge in [0, 0.05) is 6.54 Å². The molecule has 0 saturated carbocycles. The molecule has 0 aliphatic heterocycles. The highest BCUT2D eigenvalue weighted by Gasteiger charge is 2.12. The van der Waals surface area contributed by atoms with E-state index in [1.165, 1.54) is 24.3 Å². The van der Waals surface area contributed by atoms with Crippen molar-refractivity contribution in [2.45, 2.75) is 27.0 Å². The van der Waals surface area contributed by atoms with Crippen LogP contribution in [-0.2, 0) is 13.2 Å². The van der Waals surface area contributed by atoms with Crippen LogP contribution in [0.3, 0.4) is 0 Å². The molecule has 0 aliphatic carbocycles. The van der Waals surface area contributed by atoms with Crippen LogP contribution < -0.4 is 19.5 Å². The van der Waals surface area contributed by atoms with Gasteiger partial charge in [0.05, 0.1) is 13.2 Å². The molecule has 0 spiro atoms. The molecule has 158 valence electrons. The molecule has 0 radical (unpaired) electrons. The van der Waals surface area contributed by atoms with E-state index in [-0.39, 0.29) is 24.1 Å². The molecular weight excluding hydrogens is 389 g/mol. The van der Waals surface area contributed by atoms with Crippen molar-refractivity contribution in [2.24, 2.45) is 0 Å². The molecule has 3 aromatic rings. The number of benzene rings is 2. The Bertz CT molecular complexity index is 968. The first-order chi connectivity index (χ1) is 14.6. The third-order valence-electron chi connectivity index (χ3n) is 4.14. The number of carbonyl (C=O) groups is 1. The Balaban J connectivity index is 1.55. The van der Waals surface area contributed by atoms with Gasteiger partial charge < -0.3 is 23.9 Å². The Morgan fingerprint density at radius 1 is 0.933 bits per heavy atom. The number of ether oxygens (including phenoxy) is 3. The summed E-state index contributed by atoms with van der Waals surface area (Å²) in [5, 5.41) is 2.82. The van der Waals surface area contributed by atoms with Crippen LogP contribution in [0.5, 0.6) is 17.2 Å². The molecule has 0 saturated heterocycles. The number of halogens is 1. The van der Waals surface area contributed by atoms with E-state index in [0.29, 0.717) is 42.8 Å². The van der Waals surface area contributed by atoms with Gasteiger partial charge in [-0.2, -0.15) is 0 Å². The van der Waals surface area contributed by atoms with Gasteiger partial charge in [-0.3, -0.25) is 4.79 Å². The molecule has 0 atom stereocenters. The molecular formula is C23H24FNO5. The van der Waals surface area contributed by atoms with Gasteiger partial charge in [-0.15, -0.1) is 0 Å². The van der Waals surface area contributed by atoms with Crippen LogP contribution >= 0.6 is 0 Å². The summed E-state index contributed by atoms with van der Waals surface area (Å²) < 4.78 is 35.1. The SMILES string of the molecule is CCOc1ccc(CNC(=O)c2ccc(COc3ccc(F)cc3)o2)cc1OCC. The van der Waals surface area contributed by atoms with Crippen LogP contribution in [-0.4, -0.2) is 19.1 Å². The molecule has 1 heterocycles. The molecule has 3 rings (SSSR count). The van der Waals surface area contributed by atoms with Gasteiger partial charge >= 0.3 is 0 Å². The van der Waals surface area contributed by atoms with Crippen LogP contribution in [0.4, 0.5) is 4.39 Å². The lowest BCUT2D eigenvalue weighted by atomic mass is 10.2. The number of hydrogen-bond donors (Lipinski definition) is 1. The van der Waals surface area contributed by atoms with Crippen molar-refractivity contribution in [3.63, 3.8) is 0 Å². The summed E-state index contributed by atoms with van der Waals surface area (Å²) in [7, 11) is 0. The fourth-order valence-corrected chi connectivity index (χ4v) is 2.74. The van der Waals surface area contributed by atoms with Crippen molar-refractivity contribution in [3.8, 4) is 17.2 Å². The fraction of sp³-hybridized carbons (Fsp3) is 0.261. The van der Waals surface area contributed by atoms with Gasteiger partial charge in [-0.25, -0.2) is 4.39 Å². The largest absolute Gasteiger partial charge is 0.490 e. The zero-order valence-electron chi connectivity index (χ0n) is 16.9. The molecule has 0 unspecified atom stereocenters.